The van der Waals surface area contributed by atoms with Gasteiger partial charge in [-0.05, 0) is 13.8 Å². The molecule has 2 heterocycles. The number of nitrogens with zero attached hydrogens (tertiary/aromatic N) is 3. The van der Waals surface area contributed by atoms with Crippen molar-refractivity contribution in [3.63, 3.8) is 0 Å². The van der Waals surface area contributed by atoms with E-state index in [4.69, 9.17) is 9.63 Å². The van der Waals surface area contributed by atoms with Crippen LogP contribution in [-0.2, 0) is 13.2 Å². The van der Waals surface area contributed by atoms with Gasteiger partial charge in [-0.15, -0.1) is 0 Å². The molecule has 0 amide bonds. The van der Waals surface area contributed by atoms with Crippen molar-refractivity contribution in [1.29, 1.82) is 0 Å². The number of aromatic nitrogens is 3. The van der Waals surface area contributed by atoms with Gasteiger partial charge in [-0.3, -0.25) is 4.68 Å². The second-order valence-corrected chi connectivity index (χ2v) is 3.50. The van der Waals surface area contributed by atoms with Crippen LogP contribution in [-0.4, -0.2) is 20.0 Å². The number of rotatable bonds is 3. The molecule has 15 heavy (non-hydrogen) atoms. The Hall–Kier alpha value is -1.62. The highest BCUT2D eigenvalue weighted by Gasteiger charge is 2.10. The monoisotopic (exact) mass is 207 g/mol. The first-order valence-electron chi connectivity index (χ1n) is 4.74. The van der Waals surface area contributed by atoms with Gasteiger partial charge in [0.25, 0.3) is 0 Å². The van der Waals surface area contributed by atoms with E-state index < -0.39 is 0 Å². The van der Waals surface area contributed by atoms with E-state index in [-0.39, 0.29) is 6.61 Å². The molecule has 0 aliphatic rings. The average Bonchev–Trinajstić information content (AvgIpc) is 2.78. The SMILES string of the molecule is Cc1nn(Cc2cnoc2)c(C)c1CO. The van der Waals surface area contributed by atoms with E-state index in [1.807, 2.05) is 18.5 Å². The maximum Gasteiger partial charge on any atom is 0.128 e. The van der Waals surface area contributed by atoms with E-state index >= 15 is 0 Å². The Morgan fingerprint density at radius 1 is 1.47 bits per heavy atom. The van der Waals surface area contributed by atoms with Crippen LogP contribution in [0.3, 0.4) is 0 Å². The maximum atomic E-state index is 9.15. The van der Waals surface area contributed by atoms with Crippen molar-refractivity contribution in [2.75, 3.05) is 0 Å². The fraction of sp³-hybridized carbons (Fsp3) is 0.400. The van der Waals surface area contributed by atoms with Gasteiger partial charge in [0.1, 0.15) is 6.26 Å². The first-order valence-corrected chi connectivity index (χ1v) is 4.74. The molecule has 0 aliphatic heterocycles. The molecule has 0 fully saturated rings. The lowest BCUT2D eigenvalue weighted by Crippen LogP contribution is -2.03. The maximum absolute atomic E-state index is 9.15. The number of aryl methyl sites for hydroxylation is 1. The van der Waals surface area contributed by atoms with Crippen LogP contribution < -0.4 is 0 Å². The summed E-state index contributed by atoms with van der Waals surface area (Å²) in [5.41, 5.74) is 3.71. The van der Waals surface area contributed by atoms with Gasteiger partial charge < -0.3 is 9.63 Å². The highest BCUT2D eigenvalue weighted by Crippen LogP contribution is 2.14. The normalized spacial score (nSPS) is 10.9. The van der Waals surface area contributed by atoms with Crippen LogP contribution >= 0.6 is 0 Å². The number of aliphatic hydroxyl groups is 1. The Bertz CT molecular complexity index is 445. The number of hydrogen-bond acceptors (Lipinski definition) is 4. The molecule has 0 bridgehead atoms. The molecule has 0 saturated heterocycles. The molecule has 0 saturated carbocycles. The smallest absolute Gasteiger partial charge is 0.128 e. The fourth-order valence-corrected chi connectivity index (χ4v) is 1.59. The summed E-state index contributed by atoms with van der Waals surface area (Å²) in [6, 6.07) is 0. The van der Waals surface area contributed by atoms with Crippen LogP contribution in [0.25, 0.3) is 0 Å². The third-order valence-corrected chi connectivity index (χ3v) is 2.51. The van der Waals surface area contributed by atoms with Crippen LogP contribution in [0.15, 0.2) is 17.0 Å². The summed E-state index contributed by atoms with van der Waals surface area (Å²) in [4.78, 5) is 0. The zero-order valence-corrected chi connectivity index (χ0v) is 8.77. The van der Waals surface area contributed by atoms with Crippen molar-refractivity contribution in [2.45, 2.75) is 27.0 Å². The Morgan fingerprint density at radius 3 is 2.80 bits per heavy atom. The molecule has 5 nitrogen and oxygen atoms in total. The molecule has 1 N–H and O–H groups in total. The van der Waals surface area contributed by atoms with Crippen molar-refractivity contribution in [2.24, 2.45) is 0 Å². The van der Waals surface area contributed by atoms with E-state index in [9.17, 15) is 0 Å². The predicted octanol–water partition coefficient (Wildman–Crippen LogP) is 1.03. The first kappa shape index (κ1) is 9.92. The summed E-state index contributed by atoms with van der Waals surface area (Å²) < 4.78 is 6.59. The summed E-state index contributed by atoms with van der Waals surface area (Å²) in [6.07, 6.45) is 3.25. The summed E-state index contributed by atoms with van der Waals surface area (Å²) in [6.45, 7) is 4.49. The molecule has 2 aromatic rings. The number of aliphatic hydroxyl groups excluding tert-OH is 1. The van der Waals surface area contributed by atoms with Gasteiger partial charge >= 0.3 is 0 Å². The highest BCUT2D eigenvalue weighted by molar-refractivity contribution is 5.24. The first-order chi connectivity index (χ1) is 7.22. The fourth-order valence-electron chi connectivity index (χ4n) is 1.59. The third-order valence-electron chi connectivity index (χ3n) is 2.51. The Morgan fingerprint density at radius 2 is 2.27 bits per heavy atom. The van der Waals surface area contributed by atoms with Gasteiger partial charge in [0, 0.05) is 16.8 Å². The molecule has 0 aliphatic carbocycles. The Kier molecular flexibility index (Phi) is 2.55. The van der Waals surface area contributed by atoms with Gasteiger partial charge in [0.05, 0.1) is 25.0 Å². The minimum absolute atomic E-state index is 0.0291. The lowest BCUT2D eigenvalue weighted by atomic mass is 10.2. The molecule has 80 valence electrons. The van der Waals surface area contributed by atoms with Gasteiger partial charge in [0.2, 0.25) is 0 Å². The van der Waals surface area contributed by atoms with E-state index in [1.54, 1.807) is 12.5 Å². The van der Waals surface area contributed by atoms with Crippen molar-refractivity contribution in [3.05, 3.63) is 35.0 Å². The largest absolute Gasteiger partial charge is 0.392 e. The predicted molar refractivity (Wildman–Crippen MR) is 53.2 cm³/mol. The van der Waals surface area contributed by atoms with Crippen molar-refractivity contribution in [1.82, 2.24) is 14.9 Å². The van der Waals surface area contributed by atoms with E-state index in [0.29, 0.717) is 6.54 Å². The lowest BCUT2D eigenvalue weighted by Gasteiger charge is -2.01. The van der Waals surface area contributed by atoms with Crippen LogP contribution in [0.1, 0.15) is 22.5 Å². The van der Waals surface area contributed by atoms with Crippen molar-refractivity contribution < 1.29 is 9.63 Å². The van der Waals surface area contributed by atoms with Crippen LogP contribution in [0.4, 0.5) is 0 Å². The van der Waals surface area contributed by atoms with E-state index in [1.165, 1.54) is 0 Å². The summed E-state index contributed by atoms with van der Waals surface area (Å²) >= 11 is 0. The second-order valence-electron chi connectivity index (χ2n) is 3.50. The molecule has 5 heteroatoms. The minimum Gasteiger partial charge on any atom is -0.392 e. The standard InChI is InChI=1S/C10H13N3O2/c1-7-10(5-14)8(2)13(12-7)4-9-3-11-15-6-9/h3,6,14H,4-5H2,1-2H3. The highest BCUT2D eigenvalue weighted by atomic mass is 16.5. The molecule has 0 atom stereocenters. The number of hydrogen-bond donors (Lipinski definition) is 1. The zero-order chi connectivity index (χ0) is 10.8. The molecular weight excluding hydrogens is 194 g/mol. The van der Waals surface area contributed by atoms with Gasteiger partial charge in [0.15, 0.2) is 0 Å². The van der Waals surface area contributed by atoms with Crippen LogP contribution in [0, 0.1) is 13.8 Å². The van der Waals surface area contributed by atoms with Crippen molar-refractivity contribution >= 4 is 0 Å². The second kappa shape index (κ2) is 3.86. The minimum atomic E-state index is 0.0291. The molecule has 2 aromatic heterocycles. The quantitative estimate of drug-likeness (QED) is 0.816. The lowest BCUT2D eigenvalue weighted by molar-refractivity contribution is 0.280. The summed E-state index contributed by atoms with van der Waals surface area (Å²) in [5.74, 6) is 0. The average molecular weight is 207 g/mol. The van der Waals surface area contributed by atoms with Crippen molar-refractivity contribution in [3.8, 4) is 0 Å². The Labute approximate surface area is 87.3 Å². The van der Waals surface area contributed by atoms with Gasteiger partial charge in [-0.25, -0.2) is 0 Å². The molecule has 0 aromatic carbocycles. The molecular formula is C10H13N3O2. The van der Waals surface area contributed by atoms with Gasteiger partial charge in [-0.2, -0.15) is 5.10 Å². The van der Waals surface area contributed by atoms with E-state index in [0.717, 1.165) is 22.5 Å². The topological polar surface area (TPSA) is 64.1 Å². The third kappa shape index (κ3) is 1.78. The summed E-state index contributed by atoms with van der Waals surface area (Å²) in [5, 5.41) is 17.1. The Balaban J connectivity index is 2.29. The molecule has 0 spiro atoms. The summed E-state index contributed by atoms with van der Waals surface area (Å²) in [7, 11) is 0. The van der Waals surface area contributed by atoms with Crippen LogP contribution in [0.5, 0.6) is 0 Å². The van der Waals surface area contributed by atoms with Crippen LogP contribution in [0.2, 0.25) is 0 Å². The molecule has 0 unspecified atom stereocenters. The van der Waals surface area contributed by atoms with E-state index in [2.05, 4.69) is 10.3 Å². The molecule has 0 radical (unpaired) electrons. The molecule has 2 rings (SSSR count). The zero-order valence-electron chi connectivity index (χ0n) is 8.77. The van der Waals surface area contributed by atoms with Gasteiger partial charge in [-0.1, -0.05) is 5.16 Å².